The van der Waals surface area contributed by atoms with Crippen LogP contribution in [0.15, 0.2) is 96.9 Å². The monoisotopic (exact) mass is 619 g/mol. The zero-order valence-electron chi connectivity index (χ0n) is 23.0. The number of allylic oxidation sites excluding steroid dienone is 1. The molecular weight excluding hydrogens is 595 g/mol. The number of thioether (sulfide) groups is 1. The summed E-state index contributed by atoms with van der Waals surface area (Å²) < 4.78 is 7.37. The molecule has 4 aromatic rings. The maximum absolute atomic E-state index is 14.0. The van der Waals surface area contributed by atoms with Crippen molar-refractivity contribution in [3.63, 3.8) is 0 Å². The second-order valence-corrected chi connectivity index (χ2v) is 12.3. The van der Waals surface area contributed by atoms with Crippen LogP contribution in [0.5, 0.6) is 0 Å². The number of ether oxygens (including phenoxy) is 1. The van der Waals surface area contributed by atoms with E-state index in [1.807, 2.05) is 30.5 Å². The standard InChI is InChI=1S/C29H25N5O5S3/c1-16(2)39-27(36)24-17(3)32-29-33(25(24)18-6-9-21(40-4)10-7-18)26(35)23(42-29)15-19-14-20(34(37)38)8-11-22(19)41-28-30-12-5-13-31-28/h5-16,25H,1-4H3/b23-15-/t25-/m0/s1. The number of non-ortho nitro benzene ring substituents is 1. The highest BCUT2D eigenvalue weighted by molar-refractivity contribution is 7.99. The summed E-state index contributed by atoms with van der Waals surface area (Å²) in [5.74, 6) is -0.542. The fourth-order valence-corrected chi connectivity index (χ4v) is 6.64. The van der Waals surface area contributed by atoms with Crippen LogP contribution in [0.25, 0.3) is 6.08 Å². The molecule has 1 aliphatic rings. The zero-order valence-corrected chi connectivity index (χ0v) is 25.5. The van der Waals surface area contributed by atoms with Crippen molar-refractivity contribution in [3.05, 3.63) is 113 Å². The molecule has 2 aromatic carbocycles. The first kappa shape index (κ1) is 29.4. The van der Waals surface area contributed by atoms with Gasteiger partial charge in [-0.1, -0.05) is 23.5 Å². The zero-order chi connectivity index (χ0) is 30.0. The van der Waals surface area contributed by atoms with Gasteiger partial charge < -0.3 is 4.74 Å². The van der Waals surface area contributed by atoms with Crippen LogP contribution in [0.4, 0.5) is 5.69 Å². The molecule has 0 radical (unpaired) electrons. The number of nitro groups is 1. The van der Waals surface area contributed by atoms with E-state index in [4.69, 9.17) is 4.74 Å². The summed E-state index contributed by atoms with van der Waals surface area (Å²) in [6.07, 6.45) is 6.43. The topological polar surface area (TPSA) is 130 Å². The summed E-state index contributed by atoms with van der Waals surface area (Å²) in [7, 11) is 0. The number of hydrogen-bond acceptors (Lipinski definition) is 11. The predicted octanol–water partition coefficient (Wildman–Crippen LogP) is 4.76. The molecule has 5 rings (SSSR count). The van der Waals surface area contributed by atoms with Crippen LogP contribution >= 0.6 is 34.9 Å². The minimum absolute atomic E-state index is 0.117. The number of nitro benzene ring substituents is 1. The van der Waals surface area contributed by atoms with E-state index < -0.39 is 16.9 Å². The Kier molecular flexibility index (Phi) is 8.71. The van der Waals surface area contributed by atoms with Gasteiger partial charge in [0.05, 0.1) is 32.9 Å². The summed E-state index contributed by atoms with van der Waals surface area (Å²) in [5, 5.41) is 12.0. The second kappa shape index (κ2) is 12.4. The lowest BCUT2D eigenvalue weighted by atomic mass is 9.96. The minimum Gasteiger partial charge on any atom is -0.459 e. The molecule has 3 heterocycles. The third-order valence-corrected chi connectivity index (χ3v) is 8.96. The van der Waals surface area contributed by atoms with Gasteiger partial charge in [0.15, 0.2) is 9.96 Å². The number of esters is 1. The molecule has 0 spiro atoms. The van der Waals surface area contributed by atoms with Crippen LogP contribution < -0.4 is 14.9 Å². The SMILES string of the molecule is CSc1ccc([C@H]2C(C(=O)OC(C)C)=C(C)N=c3s/c(=C\c4cc([N+](=O)[O-])ccc4Sc4ncccn4)c(=O)n32)cc1. The van der Waals surface area contributed by atoms with E-state index in [-0.39, 0.29) is 22.9 Å². The van der Waals surface area contributed by atoms with Gasteiger partial charge >= 0.3 is 5.97 Å². The molecule has 1 atom stereocenters. The van der Waals surface area contributed by atoms with Crippen molar-refractivity contribution < 1.29 is 14.5 Å². The van der Waals surface area contributed by atoms with Crippen molar-refractivity contribution in [1.29, 1.82) is 0 Å². The molecule has 2 aromatic heterocycles. The first-order chi connectivity index (χ1) is 20.2. The van der Waals surface area contributed by atoms with Crippen molar-refractivity contribution >= 4 is 52.6 Å². The molecule has 0 N–H and O–H groups in total. The number of thiazole rings is 1. The Bertz CT molecular complexity index is 1880. The third kappa shape index (κ3) is 6.08. The average Bonchev–Trinajstić information content (AvgIpc) is 3.27. The van der Waals surface area contributed by atoms with Gasteiger partial charge in [-0.2, -0.15) is 0 Å². The minimum atomic E-state index is -0.762. The lowest BCUT2D eigenvalue weighted by Crippen LogP contribution is -2.40. The molecule has 0 fully saturated rings. The number of nitrogens with zero attached hydrogens (tertiary/aromatic N) is 5. The molecule has 0 unspecified atom stereocenters. The smallest absolute Gasteiger partial charge is 0.338 e. The van der Waals surface area contributed by atoms with Crippen LogP contribution in [-0.2, 0) is 9.53 Å². The van der Waals surface area contributed by atoms with Crippen LogP contribution in [0, 0.1) is 10.1 Å². The lowest BCUT2D eigenvalue weighted by Gasteiger charge is -2.25. The lowest BCUT2D eigenvalue weighted by molar-refractivity contribution is -0.384. The molecular formula is C29H25N5O5S3. The summed E-state index contributed by atoms with van der Waals surface area (Å²) >= 11 is 3.97. The summed E-state index contributed by atoms with van der Waals surface area (Å²) in [4.78, 5) is 53.7. The number of aromatic nitrogens is 3. The Morgan fingerprint density at radius 2 is 1.88 bits per heavy atom. The van der Waals surface area contributed by atoms with E-state index in [1.165, 1.54) is 28.5 Å². The normalized spacial score (nSPS) is 15.0. The quantitative estimate of drug-likeness (QED) is 0.0901. The van der Waals surface area contributed by atoms with Crippen LogP contribution in [0.2, 0.25) is 0 Å². The molecule has 1 aliphatic heterocycles. The molecule has 0 amide bonds. The Balaban J connectivity index is 1.70. The van der Waals surface area contributed by atoms with Crippen molar-refractivity contribution in [1.82, 2.24) is 14.5 Å². The number of hydrogen-bond donors (Lipinski definition) is 0. The first-order valence-electron chi connectivity index (χ1n) is 12.8. The van der Waals surface area contributed by atoms with Crippen molar-refractivity contribution in [2.45, 2.75) is 47.9 Å². The van der Waals surface area contributed by atoms with E-state index in [9.17, 15) is 19.7 Å². The number of fused-ring (bicyclic) bond motifs is 1. The second-order valence-electron chi connectivity index (χ2n) is 9.42. The molecule has 0 saturated carbocycles. The van der Waals surface area contributed by atoms with Crippen molar-refractivity contribution in [2.75, 3.05) is 6.26 Å². The maximum atomic E-state index is 14.0. The highest BCUT2D eigenvalue weighted by atomic mass is 32.2. The number of carbonyl (C=O) groups excluding carboxylic acids is 1. The highest BCUT2D eigenvalue weighted by Gasteiger charge is 2.33. The molecule has 10 nitrogen and oxygen atoms in total. The number of carbonyl (C=O) groups is 1. The van der Waals surface area contributed by atoms with Crippen molar-refractivity contribution in [2.24, 2.45) is 4.99 Å². The Labute approximate surface area is 253 Å². The van der Waals surface area contributed by atoms with Crippen LogP contribution in [0.1, 0.15) is 37.9 Å². The van der Waals surface area contributed by atoms with E-state index in [0.717, 1.165) is 21.8 Å². The largest absolute Gasteiger partial charge is 0.459 e. The third-order valence-electron chi connectivity index (χ3n) is 6.25. The Morgan fingerprint density at radius 3 is 2.52 bits per heavy atom. The highest BCUT2D eigenvalue weighted by Crippen LogP contribution is 2.33. The predicted molar refractivity (Wildman–Crippen MR) is 162 cm³/mol. The number of benzene rings is 2. The summed E-state index contributed by atoms with van der Waals surface area (Å²) in [6, 6.07) is 13.0. The molecule has 13 heteroatoms. The van der Waals surface area contributed by atoms with E-state index in [1.54, 1.807) is 63.1 Å². The summed E-state index contributed by atoms with van der Waals surface area (Å²) in [6.45, 7) is 5.26. The van der Waals surface area contributed by atoms with Gasteiger partial charge in [0.25, 0.3) is 11.2 Å². The van der Waals surface area contributed by atoms with Gasteiger partial charge in [-0.15, -0.1) is 11.8 Å². The molecule has 0 aliphatic carbocycles. The van der Waals surface area contributed by atoms with E-state index >= 15 is 0 Å². The first-order valence-corrected chi connectivity index (χ1v) is 15.6. The van der Waals surface area contributed by atoms with Gasteiger partial charge in [-0.05, 0) is 80.3 Å². The molecule has 0 saturated heterocycles. The fourth-order valence-electron chi connectivity index (χ4n) is 4.39. The van der Waals surface area contributed by atoms with E-state index in [0.29, 0.717) is 30.6 Å². The Morgan fingerprint density at radius 1 is 1.17 bits per heavy atom. The van der Waals surface area contributed by atoms with Crippen molar-refractivity contribution in [3.8, 4) is 0 Å². The van der Waals surface area contributed by atoms with Gasteiger partial charge in [0.2, 0.25) is 0 Å². The average molecular weight is 620 g/mol. The molecule has 42 heavy (non-hydrogen) atoms. The van der Waals surface area contributed by atoms with Crippen LogP contribution in [-0.4, -0.2) is 37.8 Å². The fraction of sp³-hybridized carbons (Fsp3) is 0.207. The molecule has 0 bridgehead atoms. The molecule has 214 valence electrons. The maximum Gasteiger partial charge on any atom is 0.338 e. The van der Waals surface area contributed by atoms with Gasteiger partial charge in [0.1, 0.15) is 0 Å². The van der Waals surface area contributed by atoms with E-state index in [2.05, 4.69) is 15.0 Å². The Hall–Kier alpha value is -4.07. The number of rotatable bonds is 8. The van der Waals surface area contributed by atoms with Crippen LogP contribution in [0.3, 0.4) is 0 Å². The van der Waals surface area contributed by atoms with Gasteiger partial charge in [-0.25, -0.2) is 19.8 Å². The summed E-state index contributed by atoms with van der Waals surface area (Å²) in [5.41, 5.74) is 1.45. The van der Waals surface area contributed by atoms with Gasteiger partial charge in [0, 0.05) is 34.3 Å². The van der Waals surface area contributed by atoms with Gasteiger partial charge in [-0.3, -0.25) is 19.5 Å².